The van der Waals surface area contributed by atoms with E-state index in [-0.39, 0.29) is 31.8 Å². The minimum Gasteiger partial charge on any atom is -0.339 e. The molecule has 0 atom stereocenters. The summed E-state index contributed by atoms with van der Waals surface area (Å²) in [5, 5.41) is 4.67. The van der Waals surface area contributed by atoms with Crippen molar-refractivity contribution in [3.05, 3.63) is 47.2 Å². The summed E-state index contributed by atoms with van der Waals surface area (Å²) < 4.78 is 39.6. The molecule has 1 aromatic carbocycles. The fourth-order valence-corrected chi connectivity index (χ4v) is 2.97. The van der Waals surface area contributed by atoms with Crippen LogP contribution in [0.15, 0.2) is 36.7 Å². The van der Waals surface area contributed by atoms with Crippen molar-refractivity contribution in [2.24, 2.45) is 5.92 Å². The van der Waals surface area contributed by atoms with Crippen LogP contribution in [-0.4, -0.2) is 39.9 Å². The van der Waals surface area contributed by atoms with E-state index in [2.05, 4.69) is 5.10 Å². The molecule has 0 N–H and O–H groups in total. The molecule has 1 fully saturated rings. The van der Waals surface area contributed by atoms with Crippen molar-refractivity contribution in [3.63, 3.8) is 0 Å². The summed E-state index contributed by atoms with van der Waals surface area (Å²) in [6, 6.07) is 6.99. The van der Waals surface area contributed by atoms with Crippen molar-refractivity contribution in [1.29, 1.82) is 0 Å². The maximum atomic E-state index is 12.7. The number of amides is 1. The predicted molar refractivity (Wildman–Crippen MR) is 83.3 cm³/mol. The normalized spacial score (nSPS) is 16.4. The first-order valence-corrected chi connectivity index (χ1v) is 7.89. The zero-order chi connectivity index (χ0) is 17.3. The van der Waals surface area contributed by atoms with Crippen LogP contribution in [0.25, 0.3) is 5.69 Å². The molecule has 0 radical (unpaired) electrons. The van der Waals surface area contributed by atoms with E-state index in [0.29, 0.717) is 16.3 Å². The quantitative estimate of drug-likeness (QED) is 0.816. The highest BCUT2D eigenvalue weighted by molar-refractivity contribution is 6.30. The smallest absolute Gasteiger partial charge is 0.339 e. The molecular weight excluding hydrogens is 343 g/mol. The number of piperidine rings is 1. The van der Waals surface area contributed by atoms with Gasteiger partial charge >= 0.3 is 6.18 Å². The summed E-state index contributed by atoms with van der Waals surface area (Å²) >= 11 is 5.93. The Kier molecular flexibility index (Phi) is 4.54. The van der Waals surface area contributed by atoms with E-state index in [4.69, 9.17) is 11.6 Å². The third kappa shape index (κ3) is 3.56. The SMILES string of the molecule is O=C(c1cnn(-c2cccc(Cl)c2)c1)N1CCC(C(F)(F)F)CC1. The molecule has 24 heavy (non-hydrogen) atoms. The van der Waals surface area contributed by atoms with Crippen molar-refractivity contribution in [2.75, 3.05) is 13.1 Å². The number of carbonyl (C=O) groups is 1. The van der Waals surface area contributed by atoms with Gasteiger partial charge in [-0.15, -0.1) is 0 Å². The van der Waals surface area contributed by atoms with Gasteiger partial charge in [-0.2, -0.15) is 18.3 Å². The number of halogens is 4. The molecule has 0 unspecified atom stereocenters. The van der Waals surface area contributed by atoms with Crippen LogP contribution in [0.2, 0.25) is 5.02 Å². The monoisotopic (exact) mass is 357 g/mol. The molecular formula is C16H15ClF3N3O. The van der Waals surface area contributed by atoms with Crippen molar-refractivity contribution < 1.29 is 18.0 Å². The van der Waals surface area contributed by atoms with Gasteiger partial charge < -0.3 is 4.90 Å². The van der Waals surface area contributed by atoms with E-state index in [0.717, 1.165) is 0 Å². The summed E-state index contributed by atoms with van der Waals surface area (Å²) in [6.07, 6.45) is -1.33. The second-order valence-corrected chi connectivity index (χ2v) is 6.20. The Bertz CT molecular complexity index is 736. The first kappa shape index (κ1) is 16.8. The minimum atomic E-state index is -4.19. The number of hydrogen-bond acceptors (Lipinski definition) is 2. The summed E-state index contributed by atoms with van der Waals surface area (Å²) in [4.78, 5) is 13.9. The molecule has 8 heteroatoms. The van der Waals surface area contributed by atoms with Crippen molar-refractivity contribution >= 4 is 17.5 Å². The summed E-state index contributed by atoms with van der Waals surface area (Å²) in [5.41, 5.74) is 1.05. The third-order valence-electron chi connectivity index (χ3n) is 4.15. The van der Waals surface area contributed by atoms with E-state index in [9.17, 15) is 18.0 Å². The molecule has 1 saturated heterocycles. The first-order valence-electron chi connectivity index (χ1n) is 7.51. The number of nitrogens with zero attached hydrogens (tertiary/aromatic N) is 3. The molecule has 1 aromatic heterocycles. The van der Waals surface area contributed by atoms with Gasteiger partial charge in [-0.1, -0.05) is 17.7 Å². The molecule has 0 aliphatic carbocycles. The number of benzene rings is 1. The van der Waals surface area contributed by atoms with Gasteiger partial charge in [0.15, 0.2) is 0 Å². The predicted octanol–water partition coefficient (Wildman–Crippen LogP) is 3.94. The van der Waals surface area contributed by atoms with E-state index >= 15 is 0 Å². The van der Waals surface area contributed by atoms with E-state index in [1.165, 1.54) is 15.8 Å². The average molecular weight is 358 g/mol. The maximum Gasteiger partial charge on any atom is 0.391 e. The van der Waals surface area contributed by atoms with Gasteiger partial charge in [0.05, 0.1) is 23.4 Å². The fourth-order valence-electron chi connectivity index (χ4n) is 2.79. The van der Waals surface area contributed by atoms with Crippen molar-refractivity contribution in [2.45, 2.75) is 19.0 Å². The number of hydrogen-bond donors (Lipinski definition) is 0. The lowest BCUT2D eigenvalue weighted by Crippen LogP contribution is -2.42. The van der Waals surface area contributed by atoms with Crippen LogP contribution >= 0.6 is 11.6 Å². The van der Waals surface area contributed by atoms with E-state index < -0.39 is 12.1 Å². The third-order valence-corrected chi connectivity index (χ3v) is 4.38. The molecule has 1 aliphatic heterocycles. The maximum absolute atomic E-state index is 12.7. The standard InChI is InChI=1S/C16H15ClF3N3O/c17-13-2-1-3-14(8-13)23-10-11(9-21-23)15(24)22-6-4-12(5-7-22)16(18,19)20/h1-3,8-10,12H,4-7H2. The van der Waals surface area contributed by atoms with Crippen LogP contribution in [0.5, 0.6) is 0 Å². The summed E-state index contributed by atoms with van der Waals surface area (Å²) in [5.74, 6) is -1.63. The second kappa shape index (κ2) is 6.47. The molecule has 0 spiro atoms. The Morgan fingerprint density at radius 1 is 1.25 bits per heavy atom. The van der Waals surface area contributed by atoms with Gasteiger partial charge in [0, 0.05) is 24.3 Å². The molecule has 3 rings (SSSR count). The topological polar surface area (TPSA) is 38.1 Å². The molecule has 0 bridgehead atoms. The Morgan fingerprint density at radius 2 is 1.96 bits per heavy atom. The highest BCUT2D eigenvalue weighted by atomic mass is 35.5. The summed E-state index contributed by atoms with van der Waals surface area (Å²) in [7, 11) is 0. The Balaban J connectivity index is 1.69. The van der Waals surface area contributed by atoms with E-state index in [1.807, 2.05) is 0 Å². The lowest BCUT2D eigenvalue weighted by atomic mass is 9.96. The fraction of sp³-hybridized carbons (Fsp3) is 0.375. The molecule has 2 aromatic rings. The molecule has 2 heterocycles. The highest BCUT2D eigenvalue weighted by Gasteiger charge is 2.41. The lowest BCUT2D eigenvalue weighted by Gasteiger charge is -2.32. The molecule has 4 nitrogen and oxygen atoms in total. The summed E-state index contributed by atoms with van der Waals surface area (Å²) in [6.45, 7) is 0.205. The van der Waals surface area contributed by atoms with Crippen molar-refractivity contribution in [3.8, 4) is 5.69 Å². The van der Waals surface area contributed by atoms with Gasteiger partial charge in [-0.3, -0.25) is 4.79 Å². The number of aromatic nitrogens is 2. The minimum absolute atomic E-state index is 0.0579. The number of likely N-dealkylation sites (tertiary alicyclic amines) is 1. The molecule has 1 amide bonds. The van der Waals surface area contributed by atoms with Crippen molar-refractivity contribution in [1.82, 2.24) is 14.7 Å². The zero-order valence-corrected chi connectivity index (χ0v) is 13.4. The van der Waals surface area contributed by atoms with Crippen LogP contribution < -0.4 is 0 Å². The van der Waals surface area contributed by atoms with Crippen LogP contribution in [0.4, 0.5) is 13.2 Å². The average Bonchev–Trinajstić information content (AvgIpc) is 3.03. The largest absolute Gasteiger partial charge is 0.391 e. The van der Waals surface area contributed by atoms with Gasteiger partial charge in [-0.05, 0) is 31.0 Å². The van der Waals surface area contributed by atoms with Gasteiger partial charge in [0.2, 0.25) is 0 Å². The molecule has 128 valence electrons. The molecule has 1 aliphatic rings. The number of rotatable bonds is 2. The number of carbonyl (C=O) groups excluding carboxylic acids is 1. The lowest BCUT2D eigenvalue weighted by molar-refractivity contribution is -0.183. The Morgan fingerprint density at radius 3 is 2.58 bits per heavy atom. The second-order valence-electron chi connectivity index (χ2n) is 5.76. The highest BCUT2D eigenvalue weighted by Crippen LogP contribution is 2.34. The first-order chi connectivity index (χ1) is 11.3. The zero-order valence-electron chi connectivity index (χ0n) is 12.6. The van der Waals surface area contributed by atoms with E-state index in [1.54, 1.807) is 30.5 Å². The number of alkyl halides is 3. The van der Waals surface area contributed by atoms with Crippen LogP contribution in [0, 0.1) is 5.92 Å². The van der Waals surface area contributed by atoms with Crippen LogP contribution in [-0.2, 0) is 0 Å². The Hall–Kier alpha value is -2.02. The van der Waals surface area contributed by atoms with Gasteiger partial charge in [0.1, 0.15) is 0 Å². The molecule has 0 saturated carbocycles. The van der Waals surface area contributed by atoms with Gasteiger partial charge in [0.25, 0.3) is 5.91 Å². The van der Waals surface area contributed by atoms with Crippen LogP contribution in [0.1, 0.15) is 23.2 Å². The Labute approximate surface area is 141 Å². The van der Waals surface area contributed by atoms with Gasteiger partial charge in [-0.25, -0.2) is 4.68 Å². The van der Waals surface area contributed by atoms with Crippen LogP contribution in [0.3, 0.4) is 0 Å².